The molecule has 0 aliphatic carbocycles. The van der Waals surface area contributed by atoms with Crippen molar-refractivity contribution in [2.24, 2.45) is 14.1 Å². The lowest BCUT2D eigenvalue weighted by molar-refractivity contribution is 0.0587. The third kappa shape index (κ3) is 5.64. The summed E-state index contributed by atoms with van der Waals surface area (Å²) in [6, 6.07) is 15.1. The van der Waals surface area contributed by atoms with E-state index in [0.717, 1.165) is 79.9 Å². The van der Waals surface area contributed by atoms with Crippen LogP contribution in [0.4, 0.5) is 4.39 Å². The molecule has 6 aromatic rings. The van der Waals surface area contributed by atoms with Crippen LogP contribution in [0.1, 0.15) is 50.8 Å². The van der Waals surface area contributed by atoms with Crippen molar-refractivity contribution in [2.45, 2.75) is 51.2 Å². The van der Waals surface area contributed by atoms with Gasteiger partial charge in [-0.25, -0.2) is 9.18 Å². The van der Waals surface area contributed by atoms with Gasteiger partial charge in [0, 0.05) is 70.6 Å². The molecule has 3 aromatic heterocycles. The highest BCUT2D eigenvalue weighted by atomic mass is 35.5. The summed E-state index contributed by atoms with van der Waals surface area (Å²) < 4.78 is 32.6. The van der Waals surface area contributed by atoms with Gasteiger partial charge in [0.1, 0.15) is 17.3 Å². The maximum Gasteiger partial charge on any atom is 0.354 e. The molecule has 3 aromatic carbocycles. The maximum absolute atomic E-state index is 15.2. The minimum Gasteiger partial charge on any atom is -0.493 e. The number of rotatable bonds is 1. The Morgan fingerprint density at radius 1 is 1.00 bits per heavy atom. The maximum atomic E-state index is 15.2. The molecule has 0 spiro atoms. The second kappa shape index (κ2) is 13.0. The van der Waals surface area contributed by atoms with E-state index in [4.69, 9.17) is 31.3 Å². The molecule has 48 heavy (non-hydrogen) atoms. The molecular formula is C37H37ClFN5O3S. The summed E-state index contributed by atoms with van der Waals surface area (Å²) in [5, 5.41) is 12.5. The van der Waals surface area contributed by atoms with Crippen molar-refractivity contribution in [1.29, 1.82) is 0 Å². The first kappa shape index (κ1) is 32.3. The number of carbonyl (C=O) groups is 1. The standard InChI is InChI=1S/C37H37ClFN5O3S/c1-21-32-30-13-12-27(38)35(32)33-22(2)42(3)41-29(33)20-48-19-25-18-26(43(4)40-25)11-10-23-16-24-8-6-9-28(39)34(24)31(17-23)47-15-7-14-44(30)36(21)37(45)46-5/h6,8-9,12-13,16-18H,7,10-11,14-15,19-20H2,1-5H3. The van der Waals surface area contributed by atoms with Gasteiger partial charge >= 0.3 is 5.97 Å². The van der Waals surface area contributed by atoms with Crippen molar-refractivity contribution < 1.29 is 18.7 Å². The third-order valence-corrected chi connectivity index (χ3v) is 10.7. The highest BCUT2D eigenvalue weighted by Crippen LogP contribution is 2.43. The number of fused-ring (bicyclic) bond motifs is 8. The van der Waals surface area contributed by atoms with Crippen LogP contribution in [0.25, 0.3) is 32.8 Å². The fourth-order valence-corrected chi connectivity index (χ4v) is 8.12. The molecule has 0 unspecified atom stereocenters. The highest BCUT2D eigenvalue weighted by Gasteiger charge is 2.27. The average Bonchev–Trinajstić information content (AvgIpc) is 3.66. The summed E-state index contributed by atoms with van der Waals surface area (Å²) in [6.07, 6.45) is 2.10. The van der Waals surface area contributed by atoms with Crippen LogP contribution in [0.2, 0.25) is 5.02 Å². The lowest BCUT2D eigenvalue weighted by Crippen LogP contribution is -2.13. The van der Waals surface area contributed by atoms with E-state index in [0.29, 0.717) is 47.2 Å². The molecule has 4 heterocycles. The SMILES string of the molecule is COC(=O)c1c(C)c2c3c(Cl)ccc2n1CCCOc1cc(cc2cccc(F)c12)CCc1cc(nn1C)CSCc1nn(C)c(C)c1-3. The van der Waals surface area contributed by atoms with Gasteiger partial charge in [0.05, 0.1) is 30.5 Å². The second-order valence-electron chi connectivity index (χ2n) is 12.3. The zero-order chi connectivity index (χ0) is 33.7. The molecule has 8 bridgehead atoms. The summed E-state index contributed by atoms with van der Waals surface area (Å²) in [5.41, 5.74) is 9.08. The Morgan fingerprint density at radius 2 is 1.83 bits per heavy atom. The molecule has 7 rings (SSSR count). The largest absolute Gasteiger partial charge is 0.493 e. The van der Waals surface area contributed by atoms with Crippen molar-refractivity contribution in [2.75, 3.05) is 13.7 Å². The van der Waals surface area contributed by atoms with E-state index in [1.165, 1.54) is 13.2 Å². The van der Waals surface area contributed by atoms with Crippen LogP contribution in [-0.4, -0.2) is 43.8 Å². The summed E-state index contributed by atoms with van der Waals surface area (Å²) >= 11 is 8.79. The number of hydrogen-bond donors (Lipinski definition) is 0. The van der Waals surface area contributed by atoms with Gasteiger partial charge in [-0.2, -0.15) is 10.2 Å². The lowest BCUT2D eigenvalue weighted by Gasteiger charge is -2.14. The Labute approximate surface area is 287 Å². The number of benzene rings is 3. The second-order valence-corrected chi connectivity index (χ2v) is 13.7. The first-order valence-electron chi connectivity index (χ1n) is 16.0. The Bertz CT molecular complexity index is 2220. The van der Waals surface area contributed by atoms with Crippen LogP contribution in [0.15, 0.2) is 48.5 Å². The van der Waals surface area contributed by atoms with E-state index in [1.54, 1.807) is 17.8 Å². The number of aromatic nitrogens is 5. The van der Waals surface area contributed by atoms with Crippen molar-refractivity contribution >= 4 is 51.0 Å². The summed E-state index contributed by atoms with van der Waals surface area (Å²) in [5.74, 6) is 1.16. The molecule has 0 amide bonds. The minimum atomic E-state index is -0.421. The highest BCUT2D eigenvalue weighted by molar-refractivity contribution is 7.97. The van der Waals surface area contributed by atoms with Gasteiger partial charge in [0.2, 0.25) is 0 Å². The molecule has 11 heteroatoms. The average molecular weight is 686 g/mol. The van der Waals surface area contributed by atoms with E-state index in [2.05, 4.69) is 6.07 Å². The fraction of sp³-hybridized carbons (Fsp3) is 0.324. The first-order chi connectivity index (χ1) is 23.2. The first-order valence-corrected chi connectivity index (χ1v) is 17.6. The van der Waals surface area contributed by atoms with Crippen LogP contribution >= 0.6 is 23.4 Å². The Hall–Kier alpha value is -4.28. The topological polar surface area (TPSA) is 76.1 Å². The number of carbonyl (C=O) groups excluding carboxylic acids is 1. The van der Waals surface area contributed by atoms with Crippen LogP contribution in [0.3, 0.4) is 0 Å². The zero-order valence-corrected chi connectivity index (χ0v) is 29.3. The summed E-state index contributed by atoms with van der Waals surface area (Å²) in [6.45, 7) is 4.79. The van der Waals surface area contributed by atoms with E-state index in [9.17, 15) is 4.79 Å². The number of methoxy groups -OCH3 is 1. The van der Waals surface area contributed by atoms with Gasteiger partial charge in [0.15, 0.2) is 0 Å². The summed E-state index contributed by atoms with van der Waals surface area (Å²) in [4.78, 5) is 13.3. The van der Waals surface area contributed by atoms with E-state index < -0.39 is 5.97 Å². The number of ether oxygens (including phenoxy) is 2. The molecule has 8 nitrogen and oxygen atoms in total. The minimum absolute atomic E-state index is 0.317. The number of nitrogens with zero attached hydrogens (tertiary/aromatic N) is 5. The Balaban J connectivity index is 1.37. The number of hydrogen-bond acceptors (Lipinski definition) is 6. The lowest BCUT2D eigenvalue weighted by atomic mass is 9.97. The van der Waals surface area contributed by atoms with Gasteiger partial charge in [-0.1, -0.05) is 29.8 Å². The monoisotopic (exact) mass is 685 g/mol. The molecule has 1 aliphatic rings. The van der Waals surface area contributed by atoms with Crippen LogP contribution in [-0.2, 0) is 49.7 Å². The van der Waals surface area contributed by atoms with E-state index in [1.807, 2.05) is 72.2 Å². The van der Waals surface area contributed by atoms with Crippen molar-refractivity contribution in [1.82, 2.24) is 24.1 Å². The zero-order valence-electron chi connectivity index (χ0n) is 27.7. The predicted octanol–water partition coefficient (Wildman–Crippen LogP) is 8.13. The van der Waals surface area contributed by atoms with Crippen LogP contribution in [0, 0.1) is 19.7 Å². The number of aryl methyl sites for hydroxylation is 6. The smallest absolute Gasteiger partial charge is 0.354 e. The van der Waals surface area contributed by atoms with Gasteiger partial charge in [-0.3, -0.25) is 9.36 Å². The molecular weight excluding hydrogens is 649 g/mol. The van der Waals surface area contributed by atoms with E-state index >= 15 is 4.39 Å². The van der Waals surface area contributed by atoms with Gasteiger partial charge in [-0.05, 0) is 80.0 Å². The van der Waals surface area contributed by atoms with Crippen molar-refractivity contribution in [3.05, 3.63) is 99.0 Å². The molecule has 0 saturated carbocycles. The van der Waals surface area contributed by atoms with Crippen molar-refractivity contribution in [3.8, 4) is 16.9 Å². The molecule has 0 radical (unpaired) electrons. The number of esters is 1. The predicted molar refractivity (Wildman–Crippen MR) is 190 cm³/mol. The molecule has 248 valence electrons. The van der Waals surface area contributed by atoms with Gasteiger partial charge in [0.25, 0.3) is 0 Å². The normalized spacial score (nSPS) is 14.1. The fourth-order valence-electron chi connectivity index (χ4n) is 7.02. The molecule has 0 atom stereocenters. The third-order valence-electron chi connectivity index (χ3n) is 9.38. The summed E-state index contributed by atoms with van der Waals surface area (Å²) in [7, 11) is 5.32. The van der Waals surface area contributed by atoms with Gasteiger partial charge < -0.3 is 14.0 Å². The molecule has 0 fully saturated rings. The Kier molecular flexibility index (Phi) is 8.72. The number of thioether (sulfide) groups is 1. The number of halogens is 2. The molecule has 0 N–H and O–H groups in total. The Morgan fingerprint density at radius 3 is 2.65 bits per heavy atom. The van der Waals surface area contributed by atoms with Crippen LogP contribution in [0.5, 0.6) is 5.75 Å². The van der Waals surface area contributed by atoms with Crippen LogP contribution < -0.4 is 4.74 Å². The molecule has 0 saturated heterocycles. The van der Waals surface area contributed by atoms with Crippen molar-refractivity contribution in [3.63, 3.8) is 0 Å². The quantitative estimate of drug-likeness (QED) is 0.163. The molecule has 1 aliphatic heterocycles. The van der Waals surface area contributed by atoms with E-state index in [-0.39, 0.29) is 5.82 Å². The van der Waals surface area contributed by atoms with Gasteiger partial charge in [-0.15, -0.1) is 11.8 Å².